The highest BCUT2D eigenvalue weighted by atomic mass is 15.3. The van der Waals surface area contributed by atoms with E-state index in [9.17, 15) is 0 Å². The number of para-hydroxylation sites is 1. The van der Waals surface area contributed by atoms with Crippen molar-refractivity contribution in [1.82, 2.24) is 0 Å². The molecular formula is C17H15N3. The molecule has 0 atom stereocenters. The Hall–Kier alpha value is -2.42. The largest absolute Gasteiger partial charge is 0.326 e. The molecule has 2 heterocycles. The zero-order valence-corrected chi connectivity index (χ0v) is 11.2. The molecule has 20 heavy (non-hydrogen) atoms. The summed E-state index contributed by atoms with van der Waals surface area (Å²) in [6.45, 7) is 2.50. The maximum Gasteiger partial charge on any atom is 0.125 e. The predicted molar refractivity (Wildman–Crippen MR) is 83.0 cm³/mol. The van der Waals surface area contributed by atoms with Crippen molar-refractivity contribution in [2.75, 3.05) is 24.5 Å². The fourth-order valence-electron chi connectivity index (χ4n) is 2.88. The molecule has 0 N–H and O–H groups in total. The molecule has 0 radical (unpaired) electrons. The molecule has 0 amide bonds. The highest BCUT2D eigenvalue weighted by molar-refractivity contribution is 6.20. The average Bonchev–Trinajstić information content (AvgIpc) is 2.92. The Balaban J connectivity index is 1.92. The number of aliphatic imine (C=N–C) groups is 2. The van der Waals surface area contributed by atoms with E-state index in [2.05, 4.69) is 58.4 Å². The van der Waals surface area contributed by atoms with E-state index in [0.29, 0.717) is 6.54 Å². The second-order valence-electron chi connectivity index (χ2n) is 5.00. The Morgan fingerprint density at radius 1 is 0.850 bits per heavy atom. The van der Waals surface area contributed by atoms with Gasteiger partial charge in [-0.15, -0.1) is 0 Å². The highest BCUT2D eigenvalue weighted by Gasteiger charge is 2.25. The van der Waals surface area contributed by atoms with Crippen LogP contribution in [0.3, 0.4) is 0 Å². The van der Waals surface area contributed by atoms with Gasteiger partial charge in [0.05, 0.1) is 24.5 Å². The van der Waals surface area contributed by atoms with Gasteiger partial charge in [0.25, 0.3) is 0 Å². The lowest BCUT2D eigenvalue weighted by molar-refractivity contribution is 1.02. The van der Waals surface area contributed by atoms with Crippen molar-refractivity contribution < 1.29 is 0 Å². The molecule has 0 fully saturated rings. The predicted octanol–water partition coefficient (Wildman–Crippen LogP) is 2.76. The molecule has 2 aromatic carbocycles. The standard InChI is InChI=1S/C17H15N3/c1-2-6-13(7-3-1)17-14-8-4-5-9-15(14)20-11-10-18-16(20)12-19-17/h1-9H,10-12H2. The van der Waals surface area contributed by atoms with Crippen LogP contribution in [0, 0.1) is 0 Å². The third-order valence-electron chi connectivity index (χ3n) is 3.81. The van der Waals surface area contributed by atoms with Crippen molar-refractivity contribution in [3.63, 3.8) is 0 Å². The molecule has 2 aromatic rings. The van der Waals surface area contributed by atoms with Crippen molar-refractivity contribution in [3.05, 3.63) is 65.7 Å². The zero-order chi connectivity index (χ0) is 13.4. The number of hydrogen-bond acceptors (Lipinski definition) is 3. The SMILES string of the molecule is c1ccc(C2=NCC3=NCCN3c3ccccc32)cc1. The van der Waals surface area contributed by atoms with Gasteiger partial charge in [-0.3, -0.25) is 9.98 Å². The van der Waals surface area contributed by atoms with Crippen molar-refractivity contribution in [1.29, 1.82) is 0 Å². The molecule has 0 saturated carbocycles. The first-order chi connectivity index (χ1) is 9.93. The fourth-order valence-corrected chi connectivity index (χ4v) is 2.88. The smallest absolute Gasteiger partial charge is 0.125 e. The third-order valence-corrected chi connectivity index (χ3v) is 3.81. The van der Waals surface area contributed by atoms with Crippen LogP contribution in [0.5, 0.6) is 0 Å². The summed E-state index contributed by atoms with van der Waals surface area (Å²) in [5.41, 5.74) is 4.66. The monoisotopic (exact) mass is 261 g/mol. The van der Waals surface area contributed by atoms with Gasteiger partial charge in [0, 0.05) is 17.7 Å². The summed E-state index contributed by atoms with van der Waals surface area (Å²) >= 11 is 0. The molecule has 0 aromatic heterocycles. The van der Waals surface area contributed by atoms with Crippen molar-refractivity contribution in [2.45, 2.75) is 0 Å². The van der Waals surface area contributed by atoms with Crippen LogP contribution in [0.4, 0.5) is 5.69 Å². The molecule has 2 aliphatic rings. The van der Waals surface area contributed by atoms with Crippen molar-refractivity contribution in [2.24, 2.45) is 9.98 Å². The lowest BCUT2D eigenvalue weighted by Crippen LogP contribution is -2.28. The normalized spacial score (nSPS) is 16.9. The molecule has 3 heteroatoms. The molecular weight excluding hydrogens is 246 g/mol. The first kappa shape index (κ1) is 11.4. The van der Waals surface area contributed by atoms with E-state index in [1.54, 1.807) is 0 Å². The summed E-state index contributed by atoms with van der Waals surface area (Å²) < 4.78 is 0. The number of rotatable bonds is 1. The van der Waals surface area contributed by atoms with Crippen molar-refractivity contribution >= 4 is 17.2 Å². The van der Waals surface area contributed by atoms with Gasteiger partial charge in [-0.1, -0.05) is 48.5 Å². The molecule has 0 saturated heterocycles. The molecule has 2 aliphatic heterocycles. The second-order valence-corrected chi connectivity index (χ2v) is 5.00. The Labute approximate surface area is 118 Å². The van der Waals surface area contributed by atoms with Crippen LogP contribution >= 0.6 is 0 Å². The Morgan fingerprint density at radius 3 is 2.55 bits per heavy atom. The Kier molecular flexibility index (Phi) is 2.62. The minimum atomic E-state index is 0.666. The van der Waals surface area contributed by atoms with Crippen LogP contribution < -0.4 is 4.90 Å². The lowest BCUT2D eigenvalue weighted by Gasteiger charge is -2.20. The number of benzene rings is 2. The first-order valence-electron chi connectivity index (χ1n) is 6.93. The quantitative estimate of drug-likeness (QED) is 0.775. The maximum absolute atomic E-state index is 4.82. The van der Waals surface area contributed by atoms with Gasteiger partial charge >= 0.3 is 0 Å². The summed E-state index contributed by atoms with van der Waals surface area (Å²) in [5.74, 6) is 1.09. The van der Waals surface area contributed by atoms with Crippen LogP contribution in [0.25, 0.3) is 0 Å². The number of amidine groups is 1. The van der Waals surface area contributed by atoms with Crippen LogP contribution in [-0.2, 0) is 0 Å². The topological polar surface area (TPSA) is 28.0 Å². The van der Waals surface area contributed by atoms with Gasteiger partial charge in [-0.2, -0.15) is 0 Å². The molecule has 98 valence electrons. The van der Waals surface area contributed by atoms with Gasteiger partial charge in [0.1, 0.15) is 5.84 Å². The molecule has 0 unspecified atom stereocenters. The minimum Gasteiger partial charge on any atom is -0.326 e. The second kappa shape index (κ2) is 4.60. The molecule has 4 rings (SSSR count). The number of nitrogens with zero attached hydrogens (tertiary/aromatic N) is 3. The van der Waals surface area contributed by atoms with Crippen LogP contribution in [-0.4, -0.2) is 31.2 Å². The highest BCUT2D eigenvalue weighted by Crippen LogP contribution is 2.28. The minimum absolute atomic E-state index is 0.666. The summed E-state index contributed by atoms with van der Waals surface area (Å²) in [4.78, 5) is 11.7. The van der Waals surface area contributed by atoms with Gasteiger partial charge in [-0.05, 0) is 6.07 Å². The van der Waals surface area contributed by atoms with E-state index < -0.39 is 0 Å². The van der Waals surface area contributed by atoms with E-state index in [4.69, 9.17) is 4.99 Å². The van der Waals surface area contributed by atoms with E-state index in [0.717, 1.165) is 24.6 Å². The number of fused-ring (bicyclic) bond motifs is 3. The van der Waals surface area contributed by atoms with Gasteiger partial charge in [-0.25, -0.2) is 0 Å². The first-order valence-corrected chi connectivity index (χ1v) is 6.93. The fraction of sp³-hybridized carbons (Fsp3) is 0.176. The number of anilines is 1. The van der Waals surface area contributed by atoms with Crippen molar-refractivity contribution in [3.8, 4) is 0 Å². The molecule has 0 bridgehead atoms. The summed E-state index contributed by atoms with van der Waals surface area (Å²) in [7, 11) is 0. The zero-order valence-electron chi connectivity index (χ0n) is 11.2. The Bertz CT molecular complexity index is 701. The van der Waals surface area contributed by atoms with Gasteiger partial charge < -0.3 is 4.90 Å². The van der Waals surface area contributed by atoms with Crippen LogP contribution in [0.1, 0.15) is 11.1 Å². The van der Waals surface area contributed by atoms with E-state index in [1.165, 1.54) is 16.8 Å². The number of hydrogen-bond donors (Lipinski definition) is 0. The van der Waals surface area contributed by atoms with E-state index in [1.807, 2.05) is 6.07 Å². The average molecular weight is 261 g/mol. The summed E-state index contributed by atoms with van der Waals surface area (Å²) in [6.07, 6.45) is 0. The molecule has 3 nitrogen and oxygen atoms in total. The molecule has 0 spiro atoms. The van der Waals surface area contributed by atoms with Crippen LogP contribution in [0.15, 0.2) is 64.6 Å². The Morgan fingerprint density at radius 2 is 1.65 bits per heavy atom. The maximum atomic E-state index is 4.82. The summed E-state index contributed by atoms with van der Waals surface area (Å²) in [6, 6.07) is 18.9. The van der Waals surface area contributed by atoms with Crippen LogP contribution in [0.2, 0.25) is 0 Å². The van der Waals surface area contributed by atoms with E-state index >= 15 is 0 Å². The molecule has 0 aliphatic carbocycles. The summed E-state index contributed by atoms with van der Waals surface area (Å²) in [5, 5.41) is 0. The lowest BCUT2D eigenvalue weighted by atomic mass is 10.0. The van der Waals surface area contributed by atoms with Gasteiger partial charge in [0.15, 0.2) is 0 Å². The van der Waals surface area contributed by atoms with Gasteiger partial charge in [0.2, 0.25) is 0 Å². The third kappa shape index (κ3) is 1.74. The van der Waals surface area contributed by atoms with E-state index in [-0.39, 0.29) is 0 Å².